The molecule has 7 atom stereocenters. The average molecular weight is 1280 g/mol. The number of amides is 6. The SMILES string of the molecule is CN[C@@H](C)C(=O)N[C@@H](CCCNC(=S)Nc1ccc2c(c1)C(=O)OC21c2ccccc2Oc2cc(O)ccc21)C(=O)N1CCC[C@H]1CN(CCc1ccccc1)C(=O)CCCC(=O)N(CCc1ccccc1)CC1CCCN1C(=O)[C@@H](NC(=O)[C@H](C)NC)C(C)(C)C. The van der Waals surface area contributed by atoms with Crippen molar-refractivity contribution < 1.29 is 48.1 Å². The predicted molar refractivity (Wildman–Crippen MR) is 357 cm³/mol. The predicted octanol–water partition coefficient (Wildman–Crippen LogP) is 7.55. The van der Waals surface area contributed by atoms with Crippen molar-refractivity contribution in [3.63, 3.8) is 0 Å². The van der Waals surface area contributed by atoms with Gasteiger partial charge in [0.05, 0.1) is 17.6 Å². The van der Waals surface area contributed by atoms with Gasteiger partial charge in [-0.2, -0.15) is 0 Å². The number of phenols is 1. The minimum atomic E-state index is -1.31. The molecule has 0 saturated carbocycles. The van der Waals surface area contributed by atoms with E-state index in [9.17, 15) is 38.7 Å². The second-order valence-corrected chi connectivity index (χ2v) is 26.1. The van der Waals surface area contributed by atoms with E-state index in [1.165, 1.54) is 12.1 Å². The lowest BCUT2D eigenvalue weighted by atomic mass is 9.77. The number of carbonyl (C=O) groups is 7. The third-order valence-corrected chi connectivity index (χ3v) is 18.5. The van der Waals surface area contributed by atoms with Crippen molar-refractivity contribution in [2.45, 2.75) is 147 Å². The number of para-hydroxylation sites is 1. The van der Waals surface area contributed by atoms with Gasteiger partial charge < -0.3 is 66.1 Å². The van der Waals surface area contributed by atoms with Crippen LogP contribution < -0.4 is 36.6 Å². The molecule has 5 aromatic rings. The molecule has 490 valence electrons. The topological polar surface area (TPSA) is 243 Å². The molecule has 5 aromatic carbocycles. The molecule has 7 N–H and O–H groups in total. The Morgan fingerprint density at radius 1 is 0.674 bits per heavy atom. The van der Waals surface area contributed by atoms with Crippen molar-refractivity contribution in [3.8, 4) is 17.2 Å². The van der Waals surface area contributed by atoms with Gasteiger partial charge in [-0.15, -0.1) is 0 Å². The van der Waals surface area contributed by atoms with Crippen LogP contribution in [0.1, 0.15) is 131 Å². The van der Waals surface area contributed by atoms with Gasteiger partial charge in [-0.1, -0.05) is 106 Å². The standard InChI is InChI=1S/C71H90N10O10S/c1-46(72-6)64(85)76-58(27-17-37-74-69(92)75-50-31-33-55-54(42-50)68(89)91-71(55)56-26-14-15-28-59(56)90-60-43-53(82)32-34-57(60)71)66(87)80-38-18-24-51(80)44-78(40-35-48-20-10-8-11-21-48)61(83)29-16-30-62(84)79(41-36-49-22-12-9-13-23-49)45-52-25-19-39-81(52)67(88)63(70(3,4)5)77-65(86)47(2)73-7/h8-15,20-23,26,28,31-34,42-43,46-47,51-52,58,63,72-73,82H,16-19,24-25,27,29-30,35-41,44-45H2,1-7H3,(H,76,85)(H,77,86)(H2,74,75,92)/t46-,47-,51-,52?,58-,63+,71?/m0/s1. The van der Waals surface area contributed by atoms with Gasteiger partial charge in [0.15, 0.2) is 10.7 Å². The summed E-state index contributed by atoms with van der Waals surface area (Å²) in [6, 6.07) is 34.0. The zero-order chi connectivity index (χ0) is 65.7. The molecule has 4 heterocycles. The monoisotopic (exact) mass is 1270 g/mol. The van der Waals surface area contributed by atoms with Crippen molar-refractivity contribution in [2.75, 3.05) is 65.2 Å². The lowest BCUT2D eigenvalue weighted by molar-refractivity contribution is -0.142. The Morgan fingerprint density at radius 2 is 1.22 bits per heavy atom. The maximum atomic E-state index is 14.9. The number of aromatic hydroxyl groups is 1. The number of anilines is 1. The normalized spacial score (nSPS) is 18.4. The van der Waals surface area contributed by atoms with Crippen LogP contribution in [0.15, 0.2) is 121 Å². The third-order valence-electron chi connectivity index (χ3n) is 18.3. The van der Waals surface area contributed by atoms with E-state index in [-0.39, 0.29) is 84.2 Å². The number of likely N-dealkylation sites (N-methyl/N-ethyl adjacent to an activating group) is 2. The fourth-order valence-corrected chi connectivity index (χ4v) is 13.0. The second kappa shape index (κ2) is 30.8. The zero-order valence-electron chi connectivity index (χ0n) is 54.1. The van der Waals surface area contributed by atoms with Crippen LogP contribution in [0.4, 0.5) is 5.69 Å². The van der Waals surface area contributed by atoms with Gasteiger partial charge in [0.1, 0.15) is 29.3 Å². The van der Waals surface area contributed by atoms with E-state index in [2.05, 4.69) is 31.9 Å². The van der Waals surface area contributed by atoms with E-state index in [1.54, 1.807) is 46.1 Å². The molecule has 1 spiro atoms. The maximum absolute atomic E-state index is 14.9. The number of nitrogens with one attached hydrogen (secondary N) is 6. The number of thiocarbonyl (C=S) groups is 1. The van der Waals surface area contributed by atoms with Crippen LogP contribution >= 0.6 is 12.2 Å². The highest BCUT2D eigenvalue weighted by molar-refractivity contribution is 7.80. The Hall–Kier alpha value is -8.40. The highest BCUT2D eigenvalue weighted by Crippen LogP contribution is 2.56. The Kier molecular flexibility index (Phi) is 22.8. The van der Waals surface area contributed by atoms with Crippen molar-refractivity contribution in [1.29, 1.82) is 0 Å². The van der Waals surface area contributed by atoms with Crippen LogP contribution in [0, 0.1) is 5.41 Å². The second-order valence-electron chi connectivity index (χ2n) is 25.7. The summed E-state index contributed by atoms with van der Waals surface area (Å²) in [5.41, 5.74) is 2.98. The number of hydrogen-bond acceptors (Lipinski definition) is 13. The molecule has 0 bridgehead atoms. The minimum absolute atomic E-state index is 0.0114. The quantitative estimate of drug-likeness (QED) is 0.0153. The van der Waals surface area contributed by atoms with Crippen LogP contribution in [-0.2, 0) is 51.9 Å². The molecule has 9 rings (SSSR count). The lowest BCUT2D eigenvalue weighted by Gasteiger charge is -2.37. The highest BCUT2D eigenvalue weighted by Gasteiger charge is 2.54. The van der Waals surface area contributed by atoms with Crippen molar-refractivity contribution in [3.05, 3.63) is 155 Å². The molecule has 6 amide bonds. The van der Waals surface area contributed by atoms with Crippen LogP contribution in [-0.4, -0.2) is 167 Å². The van der Waals surface area contributed by atoms with Gasteiger partial charge in [-0.25, -0.2) is 4.79 Å². The molecule has 2 saturated heterocycles. The van der Waals surface area contributed by atoms with Crippen LogP contribution in [0.2, 0.25) is 0 Å². The van der Waals surface area contributed by atoms with E-state index in [0.717, 1.165) is 17.5 Å². The van der Waals surface area contributed by atoms with Gasteiger partial charge in [0, 0.05) is 99.2 Å². The molecule has 2 unspecified atom stereocenters. The molecular formula is C71H90N10O10S. The van der Waals surface area contributed by atoms with Crippen molar-refractivity contribution in [1.82, 2.24) is 46.2 Å². The summed E-state index contributed by atoms with van der Waals surface area (Å²) in [6.45, 7) is 12.0. The first-order valence-electron chi connectivity index (χ1n) is 32.4. The Morgan fingerprint density at radius 3 is 1.80 bits per heavy atom. The number of hydrogen-bond donors (Lipinski definition) is 7. The average Bonchev–Trinajstić information content (AvgIpc) is 1.46. The van der Waals surface area contributed by atoms with Crippen LogP contribution in [0.25, 0.3) is 0 Å². The minimum Gasteiger partial charge on any atom is -0.508 e. The number of phenolic OH excluding ortho intramolecular Hbond substituents is 1. The summed E-state index contributed by atoms with van der Waals surface area (Å²) in [4.78, 5) is 106. The number of likely N-dealkylation sites (tertiary alicyclic amines) is 2. The molecule has 4 aliphatic rings. The molecule has 92 heavy (non-hydrogen) atoms. The summed E-state index contributed by atoms with van der Waals surface area (Å²) < 4.78 is 12.4. The first kappa shape index (κ1) is 68.0. The van der Waals surface area contributed by atoms with Gasteiger partial charge in [0.2, 0.25) is 35.4 Å². The molecule has 0 radical (unpaired) electrons. The molecule has 0 aromatic heterocycles. The van der Waals surface area contributed by atoms with E-state index >= 15 is 0 Å². The van der Waals surface area contributed by atoms with Crippen LogP contribution in [0.3, 0.4) is 0 Å². The van der Waals surface area contributed by atoms with Crippen molar-refractivity contribution in [2.24, 2.45) is 5.41 Å². The first-order chi connectivity index (χ1) is 44.2. The summed E-state index contributed by atoms with van der Waals surface area (Å²) in [5, 5.41) is 29.0. The number of ether oxygens (including phenoxy) is 2. The summed E-state index contributed by atoms with van der Waals surface area (Å²) in [5.74, 6) is -0.864. The summed E-state index contributed by atoms with van der Waals surface area (Å²) in [6.07, 6.45) is 5.29. The van der Waals surface area contributed by atoms with Gasteiger partial charge in [-0.3, -0.25) is 28.8 Å². The molecular weight excluding hydrogens is 1180 g/mol. The largest absolute Gasteiger partial charge is 0.508 e. The van der Waals surface area contributed by atoms with E-state index < -0.39 is 41.2 Å². The molecule has 0 aliphatic carbocycles. The summed E-state index contributed by atoms with van der Waals surface area (Å²) >= 11 is 5.74. The maximum Gasteiger partial charge on any atom is 0.340 e. The summed E-state index contributed by atoms with van der Waals surface area (Å²) in [7, 11) is 3.38. The molecule has 4 aliphatic heterocycles. The van der Waals surface area contributed by atoms with E-state index in [4.69, 9.17) is 21.7 Å². The number of fused-ring (bicyclic) bond motifs is 6. The number of benzene rings is 5. The Labute approximate surface area is 545 Å². The van der Waals surface area contributed by atoms with Gasteiger partial charge in [-0.05, 0) is 145 Å². The van der Waals surface area contributed by atoms with Crippen LogP contribution in [0.5, 0.6) is 17.2 Å². The highest BCUT2D eigenvalue weighted by atomic mass is 32.1. The van der Waals surface area contributed by atoms with E-state index in [0.29, 0.717) is 124 Å². The van der Waals surface area contributed by atoms with Crippen molar-refractivity contribution >= 4 is 64.4 Å². The fourth-order valence-electron chi connectivity index (χ4n) is 12.8. The Bertz CT molecular complexity index is 3460. The molecule has 20 nitrogen and oxygen atoms in total. The number of rotatable bonds is 27. The lowest BCUT2D eigenvalue weighted by Crippen LogP contribution is -2.59. The third kappa shape index (κ3) is 16.3. The van der Waals surface area contributed by atoms with Gasteiger partial charge in [0.25, 0.3) is 0 Å². The Balaban J connectivity index is 0.835. The molecule has 21 heteroatoms. The zero-order valence-corrected chi connectivity index (χ0v) is 54.9. The number of esters is 1. The van der Waals surface area contributed by atoms with E-state index in [1.807, 2.05) is 131 Å². The number of nitrogens with zero attached hydrogens (tertiary/aromatic N) is 4. The first-order valence-corrected chi connectivity index (χ1v) is 32.8. The molecule has 2 fully saturated rings. The number of carbonyl (C=O) groups excluding carboxylic acids is 7. The fraction of sp³-hybridized carbons (Fsp3) is 0.465. The smallest absolute Gasteiger partial charge is 0.340 e. The van der Waals surface area contributed by atoms with Gasteiger partial charge >= 0.3 is 5.97 Å².